The van der Waals surface area contributed by atoms with Crippen LogP contribution in [0.15, 0.2) is 205 Å². The highest BCUT2D eigenvalue weighted by molar-refractivity contribution is 7.25. The second-order valence-corrected chi connectivity index (χ2v) is 15.2. The van der Waals surface area contributed by atoms with Gasteiger partial charge in [-0.2, -0.15) is 0 Å². The monoisotopic (exact) mass is 719 g/mol. The number of benzene rings is 9. The maximum Gasteiger partial charge on any atom is 0.143 e. The van der Waals surface area contributed by atoms with E-state index in [1.807, 2.05) is 11.3 Å². The Morgan fingerprint density at radius 3 is 1.87 bits per heavy atom. The maximum absolute atomic E-state index is 6.69. The summed E-state index contributed by atoms with van der Waals surface area (Å²) in [6.45, 7) is 0. The molecule has 2 aromatic heterocycles. The molecule has 0 fully saturated rings. The summed E-state index contributed by atoms with van der Waals surface area (Å²) >= 11 is 1.85. The minimum absolute atomic E-state index is 0.874. The first-order valence-corrected chi connectivity index (χ1v) is 19.5. The fourth-order valence-corrected chi connectivity index (χ4v) is 9.39. The molecule has 0 N–H and O–H groups in total. The van der Waals surface area contributed by atoms with E-state index in [0.29, 0.717) is 0 Å². The van der Waals surface area contributed by atoms with E-state index in [0.717, 1.165) is 44.4 Å². The fourth-order valence-electron chi connectivity index (χ4n) is 8.26. The van der Waals surface area contributed by atoms with Gasteiger partial charge in [0.25, 0.3) is 0 Å². The summed E-state index contributed by atoms with van der Waals surface area (Å²) in [6, 6.07) is 72.2. The van der Waals surface area contributed by atoms with E-state index >= 15 is 0 Å². The first-order chi connectivity index (χ1) is 27.3. The molecule has 0 unspecified atom stereocenters. The molecule has 0 saturated heterocycles. The molecule has 0 bridgehead atoms. The van der Waals surface area contributed by atoms with Crippen LogP contribution in [-0.2, 0) is 0 Å². The van der Waals surface area contributed by atoms with Crippen molar-refractivity contribution in [2.75, 3.05) is 4.90 Å². The van der Waals surface area contributed by atoms with Crippen molar-refractivity contribution in [1.82, 2.24) is 0 Å². The molecule has 0 atom stereocenters. The Morgan fingerprint density at radius 2 is 1.04 bits per heavy atom. The Bertz CT molecular complexity index is 3190. The molecule has 2 nitrogen and oxygen atoms in total. The molecule has 0 saturated carbocycles. The molecule has 0 aliphatic carbocycles. The van der Waals surface area contributed by atoms with Crippen molar-refractivity contribution >= 4 is 81.3 Å². The van der Waals surface area contributed by atoms with Gasteiger partial charge in [-0.05, 0) is 93.4 Å². The van der Waals surface area contributed by atoms with Crippen LogP contribution in [0.5, 0.6) is 0 Å². The number of thiophene rings is 1. The number of anilines is 3. The third kappa shape index (κ3) is 5.32. The van der Waals surface area contributed by atoms with E-state index in [9.17, 15) is 0 Å². The van der Waals surface area contributed by atoms with Crippen LogP contribution in [0, 0.1) is 0 Å². The Kier molecular flexibility index (Phi) is 7.39. The Hall–Kier alpha value is -6.94. The zero-order valence-electron chi connectivity index (χ0n) is 29.8. The summed E-state index contributed by atoms with van der Waals surface area (Å²) in [6.07, 6.45) is 0. The maximum atomic E-state index is 6.69. The number of hydrogen-bond donors (Lipinski definition) is 0. The molecular formula is C52H33NOS. The highest BCUT2D eigenvalue weighted by atomic mass is 32.1. The molecule has 11 aromatic rings. The SMILES string of the molecule is c1ccc(-c2ccc(-c3ccc(N(c4ccc5c(c4)sc4ccccc45)c4cccc5oc6c7ccccc7ccc6c45)cc3)c(-c3ccccc3)c2)cc1. The second kappa shape index (κ2) is 12.9. The van der Waals surface area contributed by atoms with Crippen LogP contribution in [0.1, 0.15) is 0 Å². The van der Waals surface area contributed by atoms with Crippen molar-refractivity contribution in [2.45, 2.75) is 0 Å². The molecule has 0 spiro atoms. The molecule has 3 heteroatoms. The lowest BCUT2D eigenvalue weighted by Gasteiger charge is -2.26. The molecule has 0 aliphatic rings. The average Bonchev–Trinajstić information content (AvgIpc) is 3.83. The summed E-state index contributed by atoms with van der Waals surface area (Å²) in [5.74, 6) is 0. The van der Waals surface area contributed by atoms with Gasteiger partial charge in [0.2, 0.25) is 0 Å². The fraction of sp³-hybridized carbons (Fsp3) is 0. The van der Waals surface area contributed by atoms with Crippen molar-refractivity contribution in [2.24, 2.45) is 0 Å². The van der Waals surface area contributed by atoms with Gasteiger partial charge in [0.05, 0.1) is 11.1 Å². The molecule has 2 heterocycles. The number of hydrogen-bond acceptors (Lipinski definition) is 3. The minimum Gasteiger partial charge on any atom is -0.455 e. The topological polar surface area (TPSA) is 16.4 Å². The van der Waals surface area contributed by atoms with E-state index in [2.05, 4.69) is 205 Å². The van der Waals surface area contributed by atoms with E-state index in [1.165, 1.54) is 58.9 Å². The molecule has 258 valence electrons. The molecule has 11 rings (SSSR count). The quantitative estimate of drug-likeness (QED) is 0.170. The van der Waals surface area contributed by atoms with E-state index in [1.54, 1.807) is 0 Å². The summed E-state index contributed by atoms with van der Waals surface area (Å²) < 4.78 is 9.25. The molecular weight excluding hydrogens is 687 g/mol. The van der Waals surface area contributed by atoms with E-state index in [-0.39, 0.29) is 0 Å². The van der Waals surface area contributed by atoms with Crippen LogP contribution in [0.2, 0.25) is 0 Å². The van der Waals surface area contributed by atoms with Gasteiger partial charge in [-0.15, -0.1) is 11.3 Å². The van der Waals surface area contributed by atoms with Gasteiger partial charge in [0.1, 0.15) is 11.2 Å². The zero-order valence-corrected chi connectivity index (χ0v) is 30.6. The molecule has 0 aliphatic heterocycles. The van der Waals surface area contributed by atoms with Crippen LogP contribution in [0.4, 0.5) is 17.1 Å². The van der Waals surface area contributed by atoms with Crippen LogP contribution in [0.3, 0.4) is 0 Å². The number of furan rings is 1. The largest absolute Gasteiger partial charge is 0.455 e. The van der Waals surface area contributed by atoms with E-state index in [4.69, 9.17) is 4.42 Å². The molecule has 9 aromatic carbocycles. The van der Waals surface area contributed by atoms with Gasteiger partial charge in [-0.25, -0.2) is 0 Å². The van der Waals surface area contributed by atoms with Gasteiger partial charge >= 0.3 is 0 Å². The third-order valence-corrected chi connectivity index (χ3v) is 12.0. The normalized spacial score (nSPS) is 11.6. The van der Waals surface area contributed by atoms with Gasteiger partial charge in [0, 0.05) is 42.3 Å². The van der Waals surface area contributed by atoms with Gasteiger partial charge in [-0.1, -0.05) is 146 Å². The summed E-state index contributed by atoms with van der Waals surface area (Å²) in [5, 5.41) is 7.09. The standard InChI is InChI=1S/C52H33NOS/c1-3-12-34(13-4-1)38-25-29-41(46(32-38)35-14-5-2-6-15-35)37-22-26-39(27-23-37)53(40-28-31-44-43-18-9-10-21-49(43)55-50(44)33-40)47-19-11-20-48-51(47)45-30-24-36-16-7-8-17-42(36)52(45)54-48/h1-33H. The molecule has 0 radical (unpaired) electrons. The van der Waals surface area contributed by atoms with Crippen molar-refractivity contribution in [1.29, 1.82) is 0 Å². The van der Waals surface area contributed by atoms with Crippen molar-refractivity contribution in [3.8, 4) is 33.4 Å². The second-order valence-electron chi connectivity index (χ2n) is 14.1. The number of fused-ring (bicyclic) bond motifs is 8. The predicted octanol–water partition coefficient (Wildman–Crippen LogP) is 15.6. The Labute approximate surface area is 322 Å². The van der Waals surface area contributed by atoms with E-state index < -0.39 is 0 Å². The molecule has 0 amide bonds. The van der Waals surface area contributed by atoms with Gasteiger partial charge in [-0.3, -0.25) is 0 Å². The summed E-state index contributed by atoms with van der Waals surface area (Å²) in [7, 11) is 0. The first-order valence-electron chi connectivity index (χ1n) is 18.7. The van der Waals surface area contributed by atoms with Crippen LogP contribution < -0.4 is 4.90 Å². The van der Waals surface area contributed by atoms with Crippen LogP contribution in [-0.4, -0.2) is 0 Å². The summed E-state index contributed by atoms with van der Waals surface area (Å²) in [5.41, 5.74) is 12.2. The van der Waals surface area contributed by atoms with Crippen LogP contribution >= 0.6 is 11.3 Å². The zero-order chi connectivity index (χ0) is 36.3. The van der Waals surface area contributed by atoms with Crippen molar-refractivity contribution in [3.63, 3.8) is 0 Å². The highest BCUT2D eigenvalue weighted by Gasteiger charge is 2.21. The van der Waals surface area contributed by atoms with Gasteiger partial charge < -0.3 is 9.32 Å². The van der Waals surface area contributed by atoms with Crippen molar-refractivity contribution in [3.05, 3.63) is 200 Å². The highest BCUT2D eigenvalue weighted by Crippen LogP contribution is 2.46. The van der Waals surface area contributed by atoms with Gasteiger partial charge in [0.15, 0.2) is 0 Å². The number of rotatable bonds is 6. The lowest BCUT2D eigenvalue weighted by atomic mass is 9.91. The lowest BCUT2D eigenvalue weighted by Crippen LogP contribution is -2.10. The average molecular weight is 720 g/mol. The number of nitrogens with zero attached hydrogens (tertiary/aromatic N) is 1. The summed E-state index contributed by atoms with van der Waals surface area (Å²) in [4.78, 5) is 2.40. The first kappa shape index (κ1) is 31.6. The Balaban J connectivity index is 1.10. The minimum atomic E-state index is 0.874. The third-order valence-electron chi connectivity index (χ3n) is 10.9. The Morgan fingerprint density at radius 1 is 0.382 bits per heavy atom. The molecule has 55 heavy (non-hydrogen) atoms. The van der Waals surface area contributed by atoms with Crippen LogP contribution in [0.25, 0.3) is 86.3 Å². The predicted molar refractivity (Wildman–Crippen MR) is 235 cm³/mol. The van der Waals surface area contributed by atoms with Crippen molar-refractivity contribution < 1.29 is 4.42 Å². The smallest absolute Gasteiger partial charge is 0.143 e. The lowest BCUT2D eigenvalue weighted by molar-refractivity contribution is 0.672.